The van der Waals surface area contributed by atoms with E-state index in [-0.39, 0.29) is 6.04 Å². The molecule has 0 saturated heterocycles. The first-order chi connectivity index (χ1) is 7.16. The molecule has 0 spiro atoms. The van der Waals surface area contributed by atoms with Crippen LogP contribution in [-0.4, -0.2) is 0 Å². The maximum absolute atomic E-state index is 6.16. The van der Waals surface area contributed by atoms with Gasteiger partial charge in [0.2, 0.25) is 0 Å². The van der Waals surface area contributed by atoms with Crippen LogP contribution in [-0.2, 0) is 12.8 Å². The summed E-state index contributed by atoms with van der Waals surface area (Å²) in [6.07, 6.45) is 6.13. The van der Waals surface area contributed by atoms with Gasteiger partial charge in [-0.2, -0.15) is 0 Å². The zero-order valence-corrected chi connectivity index (χ0v) is 10.2. The Bertz CT molecular complexity index is 341. The molecule has 2 N–H and O–H groups in total. The Morgan fingerprint density at radius 1 is 1.53 bits per heavy atom. The minimum atomic E-state index is 0.165. The Balaban J connectivity index is 2.15. The standard InChI is InChI=1S/C13H19NS/c1-9(2)7-11(14)13-8-10-5-3-4-6-12(10)15-13/h8,11H,1,3-7,14H2,2H3. The molecule has 82 valence electrons. The molecule has 0 amide bonds. The van der Waals surface area contributed by atoms with Gasteiger partial charge in [-0.05, 0) is 50.7 Å². The molecule has 15 heavy (non-hydrogen) atoms. The molecule has 0 saturated carbocycles. The molecule has 1 aromatic heterocycles. The molecule has 0 fully saturated rings. The zero-order valence-electron chi connectivity index (χ0n) is 9.38. The van der Waals surface area contributed by atoms with E-state index in [2.05, 4.69) is 12.6 Å². The summed E-state index contributed by atoms with van der Waals surface area (Å²) < 4.78 is 0. The molecule has 1 atom stereocenters. The van der Waals surface area contributed by atoms with Gasteiger partial charge >= 0.3 is 0 Å². The van der Waals surface area contributed by atoms with Crippen molar-refractivity contribution in [2.45, 2.75) is 45.1 Å². The number of hydrogen-bond acceptors (Lipinski definition) is 2. The first-order valence-corrected chi connectivity index (χ1v) is 6.50. The quantitative estimate of drug-likeness (QED) is 0.776. The van der Waals surface area contributed by atoms with Crippen LogP contribution < -0.4 is 5.73 Å². The van der Waals surface area contributed by atoms with Crippen LogP contribution >= 0.6 is 11.3 Å². The van der Waals surface area contributed by atoms with E-state index in [0.717, 1.165) is 6.42 Å². The average Bonchev–Trinajstić information content (AvgIpc) is 2.59. The molecule has 0 aromatic carbocycles. The summed E-state index contributed by atoms with van der Waals surface area (Å²) in [5.41, 5.74) is 8.89. The van der Waals surface area contributed by atoms with Crippen molar-refractivity contribution in [2.24, 2.45) is 5.73 Å². The summed E-state index contributed by atoms with van der Waals surface area (Å²) in [5.74, 6) is 0. The number of hydrogen-bond donors (Lipinski definition) is 1. The highest BCUT2D eigenvalue weighted by molar-refractivity contribution is 7.12. The topological polar surface area (TPSA) is 26.0 Å². The number of thiophene rings is 1. The molecule has 1 unspecified atom stereocenters. The molecule has 0 bridgehead atoms. The summed E-state index contributed by atoms with van der Waals surface area (Å²) in [5, 5.41) is 0. The van der Waals surface area contributed by atoms with Crippen LogP contribution in [0, 0.1) is 0 Å². The number of aryl methyl sites for hydroxylation is 2. The third kappa shape index (κ3) is 2.50. The molecule has 2 rings (SSSR count). The van der Waals surface area contributed by atoms with Gasteiger partial charge in [0.25, 0.3) is 0 Å². The Hall–Kier alpha value is -0.600. The van der Waals surface area contributed by atoms with E-state index in [1.807, 2.05) is 18.3 Å². The SMILES string of the molecule is C=C(C)CC(N)c1cc2c(s1)CCCC2. The fourth-order valence-corrected chi connectivity index (χ4v) is 3.43. The van der Waals surface area contributed by atoms with Gasteiger partial charge in [-0.25, -0.2) is 0 Å². The lowest BCUT2D eigenvalue weighted by Gasteiger charge is -2.08. The van der Waals surface area contributed by atoms with E-state index in [1.54, 1.807) is 10.4 Å². The minimum Gasteiger partial charge on any atom is -0.323 e. The highest BCUT2D eigenvalue weighted by atomic mass is 32.1. The minimum absolute atomic E-state index is 0.165. The van der Waals surface area contributed by atoms with Gasteiger partial charge in [-0.1, -0.05) is 5.57 Å². The molecule has 2 heteroatoms. The summed E-state index contributed by atoms with van der Waals surface area (Å²) in [6, 6.07) is 2.49. The van der Waals surface area contributed by atoms with Crippen LogP contribution in [0.15, 0.2) is 18.2 Å². The molecule has 1 heterocycles. The van der Waals surface area contributed by atoms with Gasteiger partial charge in [-0.15, -0.1) is 17.9 Å². The lowest BCUT2D eigenvalue weighted by molar-refractivity contribution is 0.695. The lowest BCUT2D eigenvalue weighted by Crippen LogP contribution is -2.08. The largest absolute Gasteiger partial charge is 0.323 e. The first kappa shape index (κ1) is 10.9. The zero-order chi connectivity index (χ0) is 10.8. The van der Waals surface area contributed by atoms with Crippen LogP contribution in [0.1, 0.15) is 47.5 Å². The van der Waals surface area contributed by atoms with Crippen LogP contribution in [0.3, 0.4) is 0 Å². The maximum Gasteiger partial charge on any atom is 0.0427 e. The first-order valence-electron chi connectivity index (χ1n) is 5.68. The van der Waals surface area contributed by atoms with Crippen molar-refractivity contribution < 1.29 is 0 Å². The van der Waals surface area contributed by atoms with Crippen molar-refractivity contribution in [3.8, 4) is 0 Å². The van der Waals surface area contributed by atoms with Gasteiger partial charge in [0.05, 0.1) is 0 Å². The summed E-state index contributed by atoms with van der Waals surface area (Å²) in [7, 11) is 0. The van der Waals surface area contributed by atoms with Crippen molar-refractivity contribution >= 4 is 11.3 Å². The summed E-state index contributed by atoms with van der Waals surface area (Å²) >= 11 is 1.92. The number of nitrogens with two attached hydrogens (primary N) is 1. The van der Waals surface area contributed by atoms with Crippen molar-refractivity contribution in [1.82, 2.24) is 0 Å². The van der Waals surface area contributed by atoms with Gasteiger partial charge < -0.3 is 5.73 Å². The van der Waals surface area contributed by atoms with Crippen molar-refractivity contribution in [1.29, 1.82) is 0 Å². The van der Waals surface area contributed by atoms with Crippen molar-refractivity contribution in [3.63, 3.8) is 0 Å². The van der Waals surface area contributed by atoms with E-state index < -0.39 is 0 Å². The van der Waals surface area contributed by atoms with Crippen molar-refractivity contribution in [3.05, 3.63) is 33.5 Å². The van der Waals surface area contributed by atoms with Crippen LogP contribution in [0.5, 0.6) is 0 Å². The van der Waals surface area contributed by atoms with E-state index >= 15 is 0 Å². The Morgan fingerprint density at radius 3 is 2.93 bits per heavy atom. The summed E-state index contributed by atoms with van der Waals surface area (Å²) in [6.45, 7) is 5.98. The number of fused-ring (bicyclic) bond motifs is 1. The summed E-state index contributed by atoms with van der Waals surface area (Å²) in [4.78, 5) is 2.93. The molecule has 1 aliphatic rings. The second-order valence-corrected chi connectivity index (χ2v) is 5.74. The smallest absolute Gasteiger partial charge is 0.0427 e. The molecule has 1 nitrogen and oxygen atoms in total. The second-order valence-electron chi connectivity index (χ2n) is 4.57. The normalized spacial score (nSPS) is 17.2. The predicted molar refractivity (Wildman–Crippen MR) is 67.3 cm³/mol. The highest BCUT2D eigenvalue weighted by Gasteiger charge is 2.16. The van der Waals surface area contributed by atoms with E-state index in [0.29, 0.717) is 0 Å². The van der Waals surface area contributed by atoms with Crippen LogP contribution in [0.25, 0.3) is 0 Å². The van der Waals surface area contributed by atoms with Gasteiger partial charge in [0.1, 0.15) is 0 Å². The maximum atomic E-state index is 6.16. The lowest BCUT2D eigenvalue weighted by atomic mass is 9.98. The van der Waals surface area contributed by atoms with Gasteiger partial charge in [-0.3, -0.25) is 0 Å². The molecule has 0 aliphatic heterocycles. The third-order valence-electron chi connectivity index (χ3n) is 2.95. The van der Waals surface area contributed by atoms with Gasteiger partial charge in [0.15, 0.2) is 0 Å². The Morgan fingerprint density at radius 2 is 2.27 bits per heavy atom. The molecular weight excluding hydrogens is 202 g/mol. The highest BCUT2D eigenvalue weighted by Crippen LogP contribution is 2.33. The fourth-order valence-electron chi connectivity index (χ4n) is 2.17. The molecule has 1 aliphatic carbocycles. The number of rotatable bonds is 3. The predicted octanol–water partition coefficient (Wildman–Crippen LogP) is 3.59. The molecule has 1 aromatic rings. The average molecular weight is 221 g/mol. The van der Waals surface area contributed by atoms with Crippen LogP contribution in [0.4, 0.5) is 0 Å². The van der Waals surface area contributed by atoms with Crippen LogP contribution in [0.2, 0.25) is 0 Å². The van der Waals surface area contributed by atoms with E-state index in [4.69, 9.17) is 5.73 Å². The monoisotopic (exact) mass is 221 g/mol. The third-order valence-corrected chi connectivity index (χ3v) is 4.32. The van der Waals surface area contributed by atoms with E-state index in [1.165, 1.54) is 36.1 Å². The Kier molecular flexibility index (Phi) is 3.27. The van der Waals surface area contributed by atoms with Crippen molar-refractivity contribution in [2.75, 3.05) is 0 Å². The Labute approximate surface area is 96.0 Å². The van der Waals surface area contributed by atoms with E-state index in [9.17, 15) is 0 Å². The molecule has 0 radical (unpaired) electrons. The second kappa shape index (κ2) is 4.50. The molecular formula is C13H19NS. The fraction of sp³-hybridized carbons (Fsp3) is 0.538. The van der Waals surface area contributed by atoms with Gasteiger partial charge in [0, 0.05) is 15.8 Å².